The van der Waals surface area contributed by atoms with E-state index in [1.165, 1.54) is 35.9 Å². The fourth-order valence-electron chi connectivity index (χ4n) is 5.26. The Morgan fingerprint density at radius 1 is 1.07 bits per heavy atom. The second-order valence-corrected chi connectivity index (χ2v) is 10.4. The molecule has 1 fully saturated rings. The van der Waals surface area contributed by atoms with Crippen molar-refractivity contribution in [2.45, 2.75) is 31.7 Å². The van der Waals surface area contributed by atoms with E-state index in [9.17, 15) is 14.0 Å². The highest BCUT2D eigenvalue weighted by Gasteiger charge is 2.46. The van der Waals surface area contributed by atoms with Gasteiger partial charge in [-0.1, -0.05) is 0 Å². The first-order valence-electron chi connectivity index (χ1n) is 13.2. The molecule has 0 bridgehead atoms. The van der Waals surface area contributed by atoms with Crippen molar-refractivity contribution >= 4 is 17.3 Å². The molecule has 212 valence electrons. The molecular weight excluding hydrogens is 542 g/mol. The number of methoxy groups -OCH3 is 1. The number of carbonyl (C=O) groups is 2. The van der Waals surface area contributed by atoms with Crippen LogP contribution in [0.4, 0.5) is 8.78 Å². The summed E-state index contributed by atoms with van der Waals surface area (Å²) in [5, 5.41) is 15.2. The van der Waals surface area contributed by atoms with Gasteiger partial charge in [0.1, 0.15) is 22.8 Å². The number of benzene rings is 2. The number of hydrogen-bond acceptors (Lipinski definition) is 6. The largest absolute Gasteiger partial charge is 0.496 e. The molecule has 3 heterocycles. The van der Waals surface area contributed by atoms with E-state index in [0.717, 1.165) is 24.0 Å². The molecule has 5 aromatic rings. The number of primary amides is 1. The maximum Gasteiger partial charge on any atom is 0.255 e. The average molecular weight is 569 g/mol. The third-order valence-corrected chi connectivity index (χ3v) is 7.70. The monoisotopic (exact) mass is 568 g/mol. The first-order valence-corrected chi connectivity index (χ1v) is 13.2. The van der Waals surface area contributed by atoms with Gasteiger partial charge in [-0.25, -0.2) is 13.3 Å². The fourth-order valence-corrected chi connectivity index (χ4v) is 5.26. The summed E-state index contributed by atoms with van der Waals surface area (Å²) in [6.07, 6.45) is 6.42. The summed E-state index contributed by atoms with van der Waals surface area (Å²) in [6.45, 7) is 1.85. The van der Waals surface area contributed by atoms with Crippen LogP contribution in [0.1, 0.15) is 55.8 Å². The summed E-state index contributed by atoms with van der Waals surface area (Å²) in [5.74, 6) is -1.92. The summed E-state index contributed by atoms with van der Waals surface area (Å²) < 4.78 is 36.4. The molecule has 2 aromatic carbocycles. The highest BCUT2D eigenvalue weighted by Crippen LogP contribution is 2.45. The summed E-state index contributed by atoms with van der Waals surface area (Å²) in [6, 6.07) is 12.2. The van der Waals surface area contributed by atoms with Crippen molar-refractivity contribution in [3.05, 3.63) is 112 Å². The highest BCUT2D eigenvalue weighted by atomic mass is 19.1. The minimum atomic E-state index is -0.863. The van der Waals surface area contributed by atoms with E-state index in [0.29, 0.717) is 22.4 Å². The molecule has 11 heteroatoms. The zero-order valence-corrected chi connectivity index (χ0v) is 22.8. The molecule has 6 rings (SSSR count). The van der Waals surface area contributed by atoms with Gasteiger partial charge >= 0.3 is 0 Å². The van der Waals surface area contributed by atoms with Crippen LogP contribution in [0.3, 0.4) is 0 Å². The van der Waals surface area contributed by atoms with E-state index in [1.54, 1.807) is 36.8 Å². The van der Waals surface area contributed by atoms with Crippen LogP contribution in [0.2, 0.25) is 0 Å². The van der Waals surface area contributed by atoms with E-state index < -0.39 is 23.1 Å². The minimum absolute atomic E-state index is 0.0786. The quantitative estimate of drug-likeness (QED) is 0.284. The maximum absolute atomic E-state index is 16.1. The van der Waals surface area contributed by atoms with Crippen molar-refractivity contribution in [3.8, 4) is 17.0 Å². The Labute approximate surface area is 239 Å². The van der Waals surface area contributed by atoms with Crippen LogP contribution < -0.4 is 15.8 Å². The molecule has 1 aliphatic rings. The normalized spacial score (nSPS) is 13.6. The predicted octanol–water partition coefficient (Wildman–Crippen LogP) is 4.50. The summed E-state index contributed by atoms with van der Waals surface area (Å²) >= 11 is 0. The third kappa shape index (κ3) is 4.72. The molecule has 1 saturated carbocycles. The lowest BCUT2D eigenvalue weighted by atomic mass is 9.96. The van der Waals surface area contributed by atoms with Gasteiger partial charge < -0.3 is 15.8 Å². The van der Waals surface area contributed by atoms with Gasteiger partial charge in [0.05, 0.1) is 30.0 Å². The van der Waals surface area contributed by atoms with Crippen molar-refractivity contribution in [1.29, 1.82) is 0 Å². The van der Waals surface area contributed by atoms with E-state index in [-0.39, 0.29) is 34.7 Å². The predicted molar refractivity (Wildman–Crippen MR) is 150 cm³/mol. The third-order valence-electron chi connectivity index (χ3n) is 7.70. The second kappa shape index (κ2) is 10.3. The van der Waals surface area contributed by atoms with E-state index in [1.807, 2.05) is 13.0 Å². The lowest BCUT2D eigenvalue weighted by molar-refractivity contribution is 0.0926. The van der Waals surface area contributed by atoms with Gasteiger partial charge in [-0.15, -0.1) is 0 Å². The number of carbonyl (C=O) groups excluding carboxylic acids is 2. The molecule has 2 amide bonds. The van der Waals surface area contributed by atoms with Crippen molar-refractivity contribution in [1.82, 2.24) is 25.1 Å². The zero-order chi connectivity index (χ0) is 29.6. The topological polar surface area (TPSA) is 124 Å². The summed E-state index contributed by atoms with van der Waals surface area (Å²) in [5.41, 5.74) is 8.49. The van der Waals surface area contributed by atoms with E-state index in [4.69, 9.17) is 10.5 Å². The lowest BCUT2D eigenvalue weighted by Crippen LogP contribution is -2.35. The Kier molecular flexibility index (Phi) is 6.64. The van der Waals surface area contributed by atoms with Gasteiger partial charge in [0.2, 0.25) is 0 Å². The smallest absolute Gasteiger partial charge is 0.255 e. The molecule has 0 aliphatic heterocycles. The van der Waals surface area contributed by atoms with Crippen LogP contribution in [0.5, 0.6) is 5.75 Å². The lowest BCUT2D eigenvalue weighted by Gasteiger charge is -2.19. The SMILES string of the molecule is COc1cc(C)c(Cc2ccn3nc(-c4ccc(F)cc4)c(C(N)=O)c3c2F)cc1C(=O)NC1(c2ccnnc2)CC1. The molecular formula is C31H26F2N6O3. The van der Waals surface area contributed by atoms with Crippen molar-refractivity contribution in [2.24, 2.45) is 5.73 Å². The standard InChI is InChI=1S/C31H26F2N6O3/c1-17-13-24(42-2)23(30(41)37-31(9-10-31)21-7-11-35-36-16-21)15-20(17)14-19-8-12-39-28(26(19)33)25(29(34)40)27(38-39)18-3-5-22(32)6-4-18/h3-8,11-13,15-16H,9-10,14H2,1-2H3,(H2,34,40)(H,37,41). The van der Waals surface area contributed by atoms with E-state index in [2.05, 4.69) is 20.6 Å². The molecule has 9 nitrogen and oxygen atoms in total. The molecule has 3 N–H and O–H groups in total. The van der Waals surface area contributed by atoms with Crippen molar-refractivity contribution in [2.75, 3.05) is 7.11 Å². The van der Waals surface area contributed by atoms with Gasteiger partial charge in [0, 0.05) is 24.4 Å². The molecule has 3 aromatic heterocycles. The molecule has 0 spiro atoms. The van der Waals surface area contributed by atoms with Gasteiger partial charge in [0.15, 0.2) is 5.82 Å². The molecule has 1 aliphatic carbocycles. The second-order valence-electron chi connectivity index (χ2n) is 10.4. The Balaban J connectivity index is 1.37. The number of nitrogens with two attached hydrogens (primary N) is 1. The number of fused-ring (bicyclic) bond motifs is 1. The number of nitrogens with zero attached hydrogens (tertiary/aromatic N) is 4. The average Bonchev–Trinajstić information content (AvgIpc) is 3.66. The Morgan fingerprint density at radius 2 is 1.83 bits per heavy atom. The van der Waals surface area contributed by atoms with Crippen LogP contribution in [-0.4, -0.2) is 38.7 Å². The highest BCUT2D eigenvalue weighted by molar-refractivity contribution is 6.05. The first-order chi connectivity index (χ1) is 20.2. The zero-order valence-electron chi connectivity index (χ0n) is 22.8. The van der Waals surface area contributed by atoms with Crippen molar-refractivity contribution in [3.63, 3.8) is 0 Å². The number of nitrogens with one attached hydrogen (secondary N) is 1. The number of aryl methyl sites for hydroxylation is 1. The molecule has 0 radical (unpaired) electrons. The van der Waals surface area contributed by atoms with Crippen molar-refractivity contribution < 1.29 is 23.1 Å². The number of halogens is 2. The number of amides is 2. The fraction of sp³-hybridized carbons (Fsp3) is 0.194. The van der Waals surface area contributed by atoms with Gasteiger partial charge in [0.25, 0.3) is 11.8 Å². The van der Waals surface area contributed by atoms with Gasteiger partial charge in [-0.05, 0) is 90.6 Å². The summed E-state index contributed by atoms with van der Waals surface area (Å²) in [4.78, 5) is 26.0. The van der Waals surface area contributed by atoms with Crippen LogP contribution in [0, 0.1) is 18.6 Å². The number of ether oxygens (including phenoxy) is 1. The Morgan fingerprint density at radius 3 is 2.48 bits per heavy atom. The van der Waals surface area contributed by atoms with Crippen LogP contribution in [-0.2, 0) is 12.0 Å². The van der Waals surface area contributed by atoms with Crippen LogP contribution in [0.25, 0.3) is 16.8 Å². The molecule has 0 atom stereocenters. The molecule has 42 heavy (non-hydrogen) atoms. The number of pyridine rings is 1. The number of hydrogen-bond donors (Lipinski definition) is 2. The number of rotatable bonds is 8. The number of aromatic nitrogens is 4. The summed E-state index contributed by atoms with van der Waals surface area (Å²) in [7, 11) is 1.49. The Hall–Kier alpha value is -5.19. The molecule has 0 saturated heterocycles. The van der Waals surface area contributed by atoms with E-state index >= 15 is 4.39 Å². The van der Waals surface area contributed by atoms with Gasteiger partial charge in [-0.2, -0.15) is 15.3 Å². The maximum atomic E-state index is 16.1. The first kappa shape index (κ1) is 27.0. The minimum Gasteiger partial charge on any atom is -0.496 e. The van der Waals surface area contributed by atoms with Gasteiger partial charge in [-0.3, -0.25) is 9.59 Å². The molecule has 0 unspecified atom stereocenters. The van der Waals surface area contributed by atoms with Crippen LogP contribution in [0.15, 0.2) is 67.1 Å². The van der Waals surface area contributed by atoms with Crippen LogP contribution >= 0.6 is 0 Å². The Bertz CT molecular complexity index is 1850.